The van der Waals surface area contributed by atoms with Crippen molar-refractivity contribution in [3.05, 3.63) is 59.2 Å². The summed E-state index contributed by atoms with van der Waals surface area (Å²) in [6, 6.07) is 13.8. The van der Waals surface area contributed by atoms with Crippen LogP contribution in [0.15, 0.2) is 47.5 Å². The van der Waals surface area contributed by atoms with E-state index in [0.717, 1.165) is 73.0 Å². The molecule has 1 aliphatic heterocycles. The molecule has 0 radical (unpaired) electrons. The van der Waals surface area contributed by atoms with Crippen LogP contribution in [0.2, 0.25) is 0 Å². The number of aliphatic imine (C=N–C) groups is 1. The standard InChI is InChI=1S/C25H34N4O3/c1-26-25(27-14-13-19-9-12-22(31-2)23(17-19)32-3)28-18-20-7-10-21(11-8-20)24(30)29-15-5-4-6-16-29/h7-12,17H,4-6,13-16,18H2,1-3H3,(H2,26,27,28). The first-order chi connectivity index (χ1) is 15.6. The maximum absolute atomic E-state index is 12.6. The second kappa shape index (κ2) is 12.0. The highest BCUT2D eigenvalue weighted by Crippen LogP contribution is 2.27. The van der Waals surface area contributed by atoms with Crippen LogP contribution in [0.4, 0.5) is 0 Å². The number of likely N-dealkylation sites (tertiary alicyclic amines) is 1. The van der Waals surface area contributed by atoms with Gasteiger partial charge in [0.15, 0.2) is 17.5 Å². The molecule has 32 heavy (non-hydrogen) atoms. The van der Waals surface area contributed by atoms with Crippen LogP contribution in [0.3, 0.4) is 0 Å². The SMILES string of the molecule is CN=C(NCCc1ccc(OC)c(OC)c1)NCc1ccc(C(=O)N2CCCCC2)cc1. The lowest BCUT2D eigenvalue weighted by molar-refractivity contribution is 0.0724. The average molecular weight is 439 g/mol. The number of benzene rings is 2. The first kappa shape index (κ1) is 23.4. The zero-order chi connectivity index (χ0) is 22.8. The van der Waals surface area contributed by atoms with Crippen LogP contribution in [0.5, 0.6) is 11.5 Å². The number of piperidine rings is 1. The number of carbonyl (C=O) groups excluding carboxylic acids is 1. The van der Waals surface area contributed by atoms with Gasteiger partial charge in [-0.15, -0.1) is 0 Å². The van der Waals surface area contributed by atoms with Gasteiger partial charge in [-0.05, 0) is 61.1 Å². The van der Waals surface area contributed by atoms with Crippen molar-refractivity contribution in [3.8, 4) is 11.5 Å². The molecule has 0 atom stereocenters. The van der Waals surface area contributed by atoms with Gasteiger partial charge in [-0.1, -0.05) is 18.2 Å². The molecular formula is C25H34N4O3. The van der Waals surface area contributed by atoms with Crippen LogP contribution in [0.1, 0.15) is 40.7 Å². The summed E-state index contributed by atoms with van der Waals surface area (Å²) in [6.07, 6.45) is 4.25. The Hall–Kier alpha value is -3.22. The number of hydrogen-bond donors (Lipinski definition) is 2. The molecule has 0 aromatic heterocycles. The molecule has 1 amide bonds. The zero-order valence-electron chi connectivity index (χ0n) is 19.3. The lowest BCUT2D eigenvalue weighted by Crippen LogP contribution is -2.38. The van der Waals surface area contributed by atoms with Gasteiger partial charge in [0.25, 0.3) is 5.91 Å². The number of nitrogens with one attached hydrogen (secondary N) is 2. The van der Waals surface area contributed by atoms with Gasteiger partial charge in [0.2, 0.25) is 0 Å². The third-order valence-electron chi connectivity index (χ3n) is 5.68. The van der Waals surface area contributed by atoms with Gasteiger partial charge in [0.1, 0.15) is 0 Å². The van der Waals surface area contributed by atoms with Crippen molar-refractivity contribution in [3.63, 3.8) is 0 Å². The maximum atomic E-state index is 12.6. The number of rotatable bonds is 8. The molecule has 2 aromatic rings. The van der Waals surface area contributed by atoms with Crippen molar-refractivity contribution < 1.29 is 14.3 Å². The molecule has 0 saturated carbocycles. The van der Waals surface area contributed by atoms with Crippen LogP contribution in [-0.4, -0.2) is 57.7 Å². The van der Waals surface area contributed by atoms with Crippen molar-refractivity contribution in [1.29, 1.82) is 0 Å². The summed E-state index contributed by atoms with van der Waals surface area (Å²) < 4.78 is 10.7. The molecule has 1 saturated heterocycles. The molecule has 7 heteroatoms. The van der Waals surface area contributed by atoms with Crippen molar-refractivity contribution in [2.75, 3.05) is 40.9 Å². The molecule has 172 valence electrons. The van der Waals surface area contributed by atoms with E-state index in [9.17, 15) is 4.79 Å². The number of carbonyl (C=O) groups is 1. The Kier molecular flexibility index (Phi) is 8.78. The topological polar surface area (TPSA) is 75.2 Å². The maximum Gasteiger partial charge on any atom is 0.253 e. The van der Waals surface area contributed by atoms with Gasteiger partial charge in [0.05, 0.1) is 14.2 Å². The van der Waals surface area contributed by atoms with E-state index in [4.69, 9.17) is 9.47 Å². The van der Waals surface area contributed by atoms with Crippen LogP contribution in [0.25, 0.3) is 0 Å². The molecule has 1 fully saturated rings. The van der Waals surface area contributed by atoms with Crippen LogP contribution in [0, 0.1) is 0 Å². The minimum atomic E-state index is 0.136. The number of guanidine groups is 1. The van der Waals surface area contributed by atoms with E-state index in [1.54, 1.807) is 21.3 Å². The van der Waals surface area contributed by atoms with E-state index in [1.165, 1.54) is 6.42 Å². The zero-order valence-corrected chi connectivity index (χ0v) is 19.3. The second-order valence-corrected chi connectivity index (χ2v) is 7.84. The van der Waals surface area contributed by atoms with E-state index in [0.29, 0.717) is 6.54 Å². The Bertz CT molecular complexity index is 906. The highest BCUT2D eigenvalue weighted by atomic mass is 16.5. The van der Waals surface area contributed by atoms with E-state index >= 15 is 0 Å². The van der Waals surface area contributed by atoms with E-state index in [1.807, 2.05) is 47.4 Å². The molecule has 1 heterocycles. The predicted octanol–water partition coefficient (Wildman–Crippen LogP) is 3.24. The fourth-order valence-corrected chi connectivity index (χ4v) is 3.81. The minimum absolute atomic E-state index is 0.136. The number of amides is 1. The molecule has 0 bridgehead atoms. The fourth-order valence-electron chi connectivity index (χ4n) is 3.81. The van der Waals surface area contributed by atoms with Gasteiger partial charge in [-0.25, -0.2) is 0 Å². The van der Waals surface area contributed by atoms with Crippen LogP contribution in [-0.2, 0) is 13.0 Å². The van der Waals surface area contributed by atoms with Crippen molar-refractivity contribution in [2.45, 2.75) is 32.2 Å². The van der Waals surface area contributed by atoms with E-state index in [-0.39, 0.29) is 5.91 Å². The number of hydrogen-bond acceptors (Lipinski definition) is 4. The Morgan fingerprint density at radius 2 is 1.62 bits per heavy atom. The van der Waals surface area contributed by atoms with Crippen molar-refractivity contribution in [1.82, 2.24) is 15.5 Å². The average Bonchev–Trinajstić information content (AvgIpc) is 2.86. The third-order valence-corrected chi connectivity index (χ3v) is 5.68. The molecular weight excluding hydrogens is 404 g/mol. The number of methoxy groups -OCH3 is 2. The summed E-state index contributed by atoms with van der Waals surface area (Å²) >= 11 is 0. The Labute approximate surface area is 190 Å². The number of nitrogens with zero attached hydrogens (tertiary/aromatic N) is 2. The molecule has 3 rings (SSSR count). The van der Waals surface area contributed by atoms with Crippen molar-refractivity contribution >= 4 is 11.9 Å². The highest BCUT2D eigenvalue weighted by Gasteiger charge is 2.17. The normalized spacial score (nSPS) is 14.1. The van der Waals surface area contributed by atoms with Crippen molar-refractivity contribution in [2.24, 2.45) is 4.99 Å². The summed E-state index contributed by atoms with van der Waals surface area (Å²) in [4.78, 5) is 18.9. The summed E-state index contributed by atoms with van der Waals surface area (Å²) in [5.41, 5.74) is 3.01. The molecule has 0 aliphatic carbocycles. The monoisotopic (exact) mass is 438 g/mol. The van der Waals surface area contributed by atoms with Gasteiger partial charge < -0.3 is 25.0 Å². The smallest absolute Gasteiger partial charge is 0.253 e. The fraction of sp³-hybridized carbons (Fsp3) is 0.440. The molecule has 2 aromatic carbocycles. The summed E-state index contributed by atoms with van der Waals surface area (Å²) in [5.74, 6) is 2.33. The predicted molar refractivity (Wildman–Crippen MR) is 128 cm³/mol. The molecule has 0 spiro atoms. The van der Waals surface area contributed by atoms with Crippen LogP contribution < -0.4 is 20.1 Å². The lowest BCUT2D eigenvalue weighted by atomic mass is 10.1. The van der Waals surface area contributed by atoms with Gasteiger partial charge in [-0.2, -0.15) is 0 Å². The molecule has 0 unspecified atom stereocenters. The Balaban J connectivity index is 1.45. The van der Waals surface area contributed by atoms with Gasteiger partial charge >= 0.3 is 0 Å². The molecule has 1 aliphatic rings. The summed E-state index contributed by atoms with van der Waals surface area (Å²) in [5, 5.41) is 6.66. The largest absolute Gasteiger partial charge is 0.493 e. The summed E-state index contributed by atoms with van der Waals surface area (Å²) in [7, 11) is 5.03. The third kappa shape index (κ3) is 6.39. The van der Waals surface area contributed by atoms with Crippen LogP contribution >= 0.6 is 0 Å². The van der Waals surface area contributed by atoms with E-state index in [2.05, 4.69) is 15.6 Å². The van der Waals surface area contributed by atoms with Gasteiger partial charge in [-0.3, -0.25) is 9.79 Å². The lowest BCUT2D eigenvalue weighted by Gasteiger charge is -2.26. The van der Waals surface area contributed by atoms with Gasteiger partial charge in [0, 0.05) is 38.8 Å². The quantitative estimate of drug-likeness (QED) is 0.489. The first-order valence-corrected chi connectivity index (χ1v) is 11.2. The first-order valence-electron chi connectivity index (χ1n) is 11.2. The second-order valence-electron chi connectivity index (χ2n) is 7.84. The highest BCUT2D eigenvalue weighted by molar-refractivity contribution is 5.94. The number of ether oxygens (including phenoxy) is 2. The van der Waals surface area contributed by atoms with E-state index < -0.39 is 0 Å². The molecule has 2 N–H and O–H groups in total. The molecule has 7 nitrogen and oxygen atoms in total. The summed E-state index contributed by atoms with van der Waals surface area (Å²) in [6.45, 7) is 3.10. The minimum Gasteiger partial charge on any atom is -0.493 e. The Morgan fingerprint density at radius 1 is 0.938 bits per heavy atom. The Morgan fingerprint density at radius 3 is 2.28 bits per heavy atom.